The molecule has 2 rings (SSSR count). The summed E-state index contributed by atoms with van der Waals surface area (Å²) in [6, 6.07) is 0.990. The van der Waals surface area contributed by atoms with Gasteiger partial charge in [0, 0.05) is 25.0 Å². The Balaban J connectivity index is 1.78. The molecule has 16 heavy (non-hydrogen) atoms. The Kier molecular flexibility index (Phi) is 3.53. The zero-order chi connectivity index (χ0) is 11.6. The van der Waals surface area contributed by atoms with Crippen molar-refractivity contribution in [3.05, 3.63) is 0 Å². The summed E-state index contributed by atoms with van der Waals surface area (Å²) in [5.74, 6) is 0.217. The van der Waals surface area contributed by atoms with Crippen LogP contribution in [0.25, 0.3) is 0 Å². The Labute approximate surface area is 98.4 Å². The van der Waals surface area contributed by atoms with Crippen molar-refractivity contribution in [2.24, 2.45) is 5.41 Å². The van der Waals surface area contributed by atoms with Crippen molar-refractivity contribution < 1.29 is 4.79 Å². The number of amides is 1. The maximum atomic E-state index is 11.1. The molecule has 1 aliphatic carbocycles. The third-order valence-electron chi connectivity index (χ3n) is 4.20. The standard InChI is InChI=1S/C13H24N2O/c1-13(2)8-4-3-5-11(13)14-9-10-6-7-12(16)15-10/h10-11,14H,3-9H2,1-2H3,(H,15,16). The maximum Gasteiger partial charge on any atom is 0.220 e. The van der Waals surface area contributed by atoms with Gasteiger partial charge in [-0.3, -0.25) is 4.79 Å². The van der Waals surface area contributed by atoms with Crippen molar-refractivity contribution in [1.29, 1.82) is 0 Å². The molecule has 2 fully saturated rings. The Bertz CT molecular complexity index is 263. The minimum Gasteiger partial charge on any atom is -0.352 e. The van der Waals surface area contributed by atoms with E-state index in [9.17, 15) is 4.79 Å². The van der Waals surface area contributed by atoms with Crippen LogP contribution in [0.2, 0.25) is 0 Å². The van der Waals surface area contributed by atoms with Crippen LogP contribution in [0.5, 0.6) is 0 Å². The molecule has 0 radical (unpaired) electrons. The van der Waals surface area contributed by atoms with Crippen LogP contribution in [0.3, 0.4) is 0 Å². The van der Waals surface area contributed by atoms with E-state index in [4.69, 9.17) is 0 Å². The number of hydrogen-bond acceptors (Lipinski definition) is 2. The average Bonchev–Trinajstić information content (AvgIpc) is 2.62. The van der Waals surface area contributed by atoms with Crippen LogP contribution < -0.4 is 10.6 Å². The van der Waals surface area contributed by atoms with Crippen LogP contribution in [0.15, 0.2) is 0 Å². The maximum absolute atomic E-state index is 11.1. The zero-order valence-corrected chi connectivity index (χ0v) is 10.5. The topological polar surface area (TPSA) is 41.1 Å². The van der Waals surface area contributed by atoms with Gasteiger partial charge in [-0.05, 0) is 24.7 Å². The third-order valence-corrected chi connectivity index (χ3v) is 4.20. The quantitative estimate of drug-likeness (QED) is 0.768. The molecule has 0 spiro atoms. The van der Waals surface area contributed by atoms with Crippen molar-refractivity contribution in [3.8, 4) is 0 Å². The number of hydrogen-bond donors (Lipinski definition) is 2. The van der Waals surface area contributed by atoms with Crippen LogP contribution in [0, 0.1) is 5.41 Å². The molecule has 0 bridgehead atoms. The summed E-state index contributed by atoms with van der Waals surface area (Å²) >= 11 is 0. The lowest BCUT2D eigenvalue weighted by atomic mass is 9.73. The van der Waals surface area contributed by atoms with Crippen LogP contribution >= 0.6 is 0 Å². The summed E-state index contributed by atoms with van der Waals surface area (Å²) < 4.78 is 0. The predicted molar refractivity (Wildman–Crippen MR) is 65.2 cm³/mol. The highest BCUT2D eigenvalue weighted by molar-refractivity contribution is 5.78. The lowest BCUT2D eigenvalue weighted by Crippen LogP contribution is -2.48. The second-order valence-corrected chi connectivity index (χ2v) is 6.00. The van der Waals surface area contributed by atoms with Crippen molar-refractivity contribution in [1.82, 2.24) is 10.6 Å². The lowest BCUT2D eigenvalue weighted by Gasteiger charge is -2.39. The summed E-state index contributed by atoms with van der Waals surface area (Å²) in [4.78, 5) is 11.1. The fraction of sp³-hybridized carbons (Fsp3) is 0.923. The first-order valence-electron chi connectivity index (χ1n) is 6.61. The van der Waals surface area contributed by atoms with E-state index in [0.717, 1.165) is 13.0 Å². The fourth-order valence-electron chi connectivity index (χ4n) is 2.99. The number of nitrogens with one attached hydrogen (secondary N) is 2. The Morgan fingerprint density at radius 3 is 2.81 bits per heavy atom. The fourth-order valence-corrected chi connectivity index (χ4v) is 2.99. The molecule has 1 saturated carbocycles. The van der Waals surface area contributed by atoms with Gasteiger partial charge in [0.05, 0.1) is 0 Å². The molecule has 92 valence electrons. The van der Waals surface area contributed by atoms with E-state index in [1.165, 1.54) is 25.7 Å². The van der Waals surface area contributed by atoms with Gasteiger partial charge in [0.1, 0.15) is 0 Å². The first kappa shape index (κ1) is 11.9. The van der Waals surface area contributed by atoms with E-state index in [1.54, 1.807) is 0 Å². The summed E-state index contributed by atoms with van der Waals surface area (Å²) in [5.41, 5.74) is 0.418. The Morgan fingerprint density at radius 1 is 1.38 bits per heavy atom. The van der Waals surface area contributed by atoms with Crippen LogP contribution in [-0.2, 0) is 4.79 Å². The van der Waals surface area contributed by atoms with Gasteiger partial charge in [0.15, 0.2) is 0 Å². The SMILES string of the molecule is CC1(C)CCCCC1NCC1CCC(=O)N1. The van der Waals surface area contributed by atoms with Crippen molar-refractivity contribution in [3.63, 3.8) is 0 Å². The number of rotatable bonds is 3. The molecule has 0 aromatic rings. The molecule has 0 aromatic carbocycles. The van der Waals surface area contributed by atoms with Gasteiger partial charge in [0.25, 0.3) is 0 Å². The molecule has 3 heteroatoms. The second kappa shape index (κ2) is 4.74. The van der Waals surface area contributed by atoms with Gasteiger partial charge in [-0.25, -0.2) is 0 Å². The molecule has 1 aliphatic heterocycles. The van der Waals surface area contributed by atoms with E-state index in [0.29, 0.717) is 23.9 Å². The average molecular weight is 224 g/mol. The van der Waals surface area contributed by atoms with E-state index < -0.39 is 0 Å². The monoisotopic (exact) mass is 224 g/mol. The molecule has 1 heterocycles. The molecule has 2 aliphatic rings. The van der Waals surface area contributed by atoms with Gasteiger partial charge in [-0.2, -0.15) is 0 Å². The molecule has 3 nitrogen and oxygen atoms in total. The largest absolute Gasteiger partial charge is 0.352 e. The van der Waals surface area contributed by atoms with Gasteiger partial charge in [0.2, 0.25) is 5.91 Å². The van der Waals surface area contributed by atoms with Gasteiger partial charge < -0.3 is 10.6 Å². The van der Waals surface area contributed by atoms with E-state index >= 15 is 0 Å². The first-order valence-corrected chi connectivity index (χ1v) is 6.61. The minimum atomic E-state index is 0.217. The molecule has 2 unspecified atom stereocenters. The Hall–Kier alpha value is -0.570. The minimum absolute atomic E-state index is 0.217. The van der Waals surface area contributed by atoms with Crippen molar-refractivity contribution in [2.45, 2.75) is 64.5 Å². The van der Waals surface area contributed by atoms with E-state index in [-0.39, 0.29) is 5.91 Å². The summed E-state index contributed by atoms with van der Waals surface area (Å²) in [5, 5.41) is 6.68. The summed E-state index contributed by atoms with van der Waals surface area (Å²) in [7, 11) is 0. The molecule has 1 saturated heterocycles. The second-order valence-electron chi connectivity index (χ2n) is 6.00. The molecule has 0 aromatic heterocycles. The zero-order valence-electron chi connectivity index (χ0n) is 10.5. The van der Waals surface area contributed by atoms with Gasteiger partial charge >= 0.3 is 0 Å². The van der Waals surface area contributed by atoms with Crippen LogP contribution in [0.1, 0.15) is 52.4 Å². The molecule has 2 atom stereocenters. The highest BCUT2D eigenvalue weighted by Crippen LogP contribution is 2.35. The van der Waals surface area contributed by atoms with E-state index in [2.05, 4.69) is 24.5 Å². The number of carbonyl (C=O) groups excluding carboxylic acids is 1. The smallest absolute Gasteiger partial charge is 0.220 e. The normalized spacial score (nSPS) is 33.8. The highest BCUT2D eigenvalue weighted by atomic mass is 16.1. The molecular weight excluding hydrogens is 200 g/mol. The molecular formula is C13H24N2O. The van der Waals surface area contributed by atoms with Crippen LogP contribution in [-0.4, -0.2) is 24.5 Å². The molecule has 1 amide bonds. The number of carbonyl (C=O) groups is 1. The first-order chi connectivity index (χ1) is 7.58. The molecule has 2 N–H and O–H groups in total. The lowest BCUT2D eigenvalue weighted by molar-refractivity contribution is -0.119. The summed E-state index contributed by atoms with van der Waals surface area (Å²) in [6.45, 7) is 5.66. The summed E-state index contributed by atoms with van der Waals surface area (Å²) in [6.07, 6.45) is 7.03. The van der Waals surface area contributed by atoms with E-state index in [1.807, 2.05) is 0 Å². The third kappa shape index (κ3) is 2.76. The predicted octanol–water partition coefficient (Wildman–Crippen LogP) is 1.82. The highest BCUT2D eigenvalue weighted by Gasteiger charge is 2.32. The van der Waals surface area contributed by atoms with Gasteiger partial charge in [-0.1, -0.05) is 26.7 Å². The van der Waals surface area contributed by atoms with Crippen molar-refractivity contribution >= 4 is 5.91 Å². The van der Waals surface area contributed by atoms with Crippen molar-refractivity contribution in [2.75, 3.05) is 6.54 Å². The van der Waals surface area contributed by atoms with Gasteiger partial charge in [-0.15, -0.1) is 0 Å². The Morgan fingerprint density at radius 2 is 2.19 bits per heavy atom. The van der Waals surface area contributed by atoms with Crippen LogP contribution in [0.4, 0.5) is 0 Å².